The number of ether oxygens (including phenoxy) is 1. The summed E-state index contributed by atoms with van der Waals surface area (Å²) in [6.45, 7) is 1.91. The second-order valence-electron chi connectivity index (χ2n) is 4.52. The first-order valence-electron chi connectivity index (χ1n) is 6.32. The highest BCUT2D eigenvalue weighted by Gasteiger charge is 2.30. The number of ketones is 1. The molecule has 0 spiro atoms. The Labute approximate surface area is 125 Å². The van der Waals surface area contributed by atoms with Crippen LogP contribution in [0.25, 0.3) is 0 Å². The molecule has 2 aromatic rings. The minimum Gasteiger partial charge on any atom is -0.406 e. The fourth-order valence-corrected chi connectivity index (χ4v) is 1.65. The lowest BCUT2D eigenvalue weighted by atomic mass is 10.1. The molecule has 0 bridgehead atoms. The fourth-order valence-electron chi connectivity index (χ4n) is 1.65. The first-order valence-corrected chi connectivity index (χ1v) is 6.32. The summed E-state index contributed by atoms with van der Waals surface area (Å²) in [7, 11) is 0. The first kappa shape index (κ1) is 15.6. The Balaban J connectivity index is 2.08. The molecular formula is C17H11F3O2. The number of hydrogen-bond donors (Lipinski definition) is 0. The summed E-state index contributed by atoms with van der Waals surface area (Å²) >= 11 is 0. The van der Waals surface area contributed by atoms with E-state index in [1.54, 1.807) is 24.3 Å². The van der Waals surface area contributed by atoms with E-state index in [-0.39, 0.29) is 11.5 Å². The largest absolute Gasteiger partial charge is 0.573 e. The third-order valence-electron chi connectivity index (χ3n) is 2.72. The van der Waals surface area contributed by atoms with E-state index >= 15 is 0 Å². The normalized spacial score (nSPS) is 10.5. The van der Waals surface area contributed by atoms with Gasteiger partial charge in [-0.2, -0.15) is 0 Å². The quantitative estimate of drug-likeness (QED) is 0.616. The van der Waals surface area contributed by atoms with E-state index in [9.17, 15) is 18.0 Å². The minimum absolute atomic E-state index is 0.331. The smallest absolute Gasteiger partial charge is 0.406 e. The Kier molecular flexibility index (Phi) is 4.52. The molecule has 2 aromatic carbocycles. The third-order valence-corrected chi connectivity index (χ3v) is 2.72. The molecule has 0 unspecified atom stereocenters. The molecule has 0 atom stereocenters. The van der Waals surface area contributed by atoms with Crippen LogP contribution in [0.1, 0.15) is 21.5 Å². The number of halogens is 3. The van der Waals surface area contributed by atoms with Gasteiger partial charge in [-0.25, -0.2) is 0 Å². The summed E-state index contributed by atoms with van der Waals surface area (Å²) in [5.74, 6) is 4.38. The van der Waals surface area contributed by atoms with Crippen LogP contribution in [-0.2, 0) is 0 Å². The molecule has 2 nitrogen and oxygen atoms in total. The molecule has 0 N–H and O–H groups in total. The van der Waals surface area contributed by atoms with Gasteiger partial charge in [0.15, 0.2) is 0 Å². The zero-order valence-electron chi connectivity index (χ0n) is 11.6. The SMILES string of the molecule is Cc1ccc(C(=O)C#Cc2ccc(OC(F)(F)F)cc2)cc1. The molecule has 0 saturated carbocycles. The summed E-state index contributed by atoms with van der Waals surface area (Å²) in [5, 5.41) is 0. The Bertz CT molecular complexity index is 718. The van der Waals surface area contributed by atoms with Crippen LogP contribution in [0.5, 0.6) is 5.75 Å². The number of carbonyl (C=O) groups is 1. The van der Waals surface area contributed by atoms with Crippen LogP contribution in [0.15, 0.2) is 48.5 Å². The van der Waals surface area contributed by atoms with Crippen molar-refractivity contribution in [2.45, 2.75) is 13.3 Å². The summed E-state index contributed by atoms with van der Waals surface area (Å²) in [6, 6.07) is 12.0. The van der Waals surface area contributed by atoms with Crippen molar-refractivity contribution in [3.05, 3.63) is 65.2 Å². The number of Topliss-reactive ketones (excluding diaryl/α,β-unsaturated/α-hetero) is 1. The molecular weight excluding hydrogens is 293 g/mol. The van der Waals surface area contributed by atoms with E-state index < -0.39 is 6.36 Å². The van der Waals surface area contributed by atoms with Crippen LogP contribution in [0, 0.1) is 18.8 Å². The number of hydrogen-bond acceptors (Lipinski definition) is 2. The molecule has 0 amide bonds. The van der Waals surface area contributed by atoms with Crippen LogP contribution in [0.3, 0.4) is 0 Å². The maximum absolute atomic E-state index is 12.0. The van der Waals surface area contributed by atoms with Crippen LogP contribution in [-0.4, -0.2) is 12.1 Å². The second-order valence-corrected chi connectivity index (χ2v) is 4.52. The van der Waals surface area contributed by atoms with Crippen molar-refractivity contribution in [2.75, 3.05) is 0 Å². The summed E-state index contributed by atoms with van der Waals surface area (Å²) in [5.41, 5.74) is 1.93. The Hall–Kier alpha value is -2.74. The van der Waals surface area contributed by atoms with Crippen LogP contribution in [0.4, 0.5) is 13.2 Å². The Morgan fingerprint density at radius 3 is 2.14 bits per heavy atom. The van der Waals surface area contributed by atoms with E-state index in [2.05, 4.69) is 16.6 Å². The van der Waals surface area contributed by atoms with Crippen LogP contribution >= 0.6 is 0 Å². The van der Waals surface area contributed by atoms with E-state index in [1.165, 1.54) is 12.1 Å². The van der Waals surface area contributed by atoms with Crippen molar-refractivity contribution in [3.8, 4) is 17.6 Å². The first-order chi connectivity index (χ1) is 10.3. The number of alkyl halides is 3. The predicted octanol–water partition coefficient (Wildman–Crippen LogP) is 4.13. The van der Waals surface area contributed by atoms with Crippen molar-refractivity contribution in [1.82, 2.24) is 0 Å². The molecule has 0 aliphatic heterocycles. The van der Waals surface area contributed by atoms with Crippen LogP contribution < -0.4 is 4.74 Å². The standard InChI is InChI=1S/C17H11F3O2/c1-12-2-7-14(8-3-12)16(21)11-6-13-4-9-15(10-5-13)22-17(18,19)20/h2-5,7-10H,1H3. The van der Waals surface area contributed by atoms with Crippen molar-refractivity contribution < 1.29 is 22.7 Å². The van der Waals surface area contributed by atoms with E-state index in [0.29, 0.717) is 11.1 Å². The molecule has 0 fully saturated rings. The van der Waals surface area contributed by atoms with Gasteiger partial charge < -0.3 is 4.74 Å². The van der Waals surface area contributed by atoms with E-state index in [1.807, 2.05) is 6.92 Å². The van der Waals surface area contributed by atoms with Gasteiger partial charge in [0.05, 0.1) is 0 Å². The lowest BCUT2D eigenvalue weighted by Gasteiger charge is -2.07. The molecule has 0 heterocycles. The van der Waals surface area contributed by atoms with Gasteiger partial charge in [-0.3, -0.25) is 4.79 Å². The van der Waals surface area contributed by atoms with Gasteiger partial charge in [-0.15, -0.1) is 13.2 Å². The Morgan fingerprint density at radius 1 is 1.00 bits per heavy atom. The van der Waals surface area contributed by atoms with Crippen LogP contribution in [0.2, 0.25) is 0 Å². The predicted molar refractivity (Wildman–Crippen MR) is 75.5 cm³/mol. The topological polar surface area (TPSA) is 26.3 Å². The van der Waals surface area contributed by atoms with Crippen molar-refractivity contribution in [2.24, 2.45) is 0 Å². The lowest BCUT2D eigenvalue weighted by Crippen LogP contribution is -2.16. The fraction of sp³-hybridized carbons (Fsp3) is 0.118. The molecule has 2 rings (SSSR count). The zero-order chi connectivity index (χ0) is 16.2. The molecule has 112 valence electrons. The minimum atomic E-state index is -4.73. The van der Waals surface area contributed by atoms with Crippen molar-refractivity contribution >= 4 is 5.78 Å². The van der Waals surface area contributed by atoms with E-state index in [0.717, 1.165) is 17.7 Å². The lowest BCUT2D eigenvalue weighted by molar-refractivity contribution is -0.274. The molecule has 0 aromatic heterocycles. The number of benzene rings is 2. The van der Waals surface area contributed by atoms with Gasteiger partial charge in [0, 0.05) is 11.1 Å². The molecule has 0 saturated heterocycles. The average Bonchev–Trinajstić information content (AvgIpc) is 2.45. The third kappa shape index (κ3) is 4.67. The highest BCUT2D eigenvalue weighted by Crippen LogP contribution is 2.22. The van der Waals surface area contributed by atoms with Gasteiger partial charge in [0.2, 0.25) is 5.78 Å². The molecule has 0 radical (unpaired) electrons. The van der Waals surface area contributed by atoms with Crippen molar-refractivity contribution in [1.29, 1.82) is 0 Å². The van der Waals surface area contributed by atoms with Gasteiger partial charge in [-0.05, 0) is 37.1 Å². The molecule has 0 aliphatic carbocycles. The highest BCUT2D eigenvalue weighted by atomic mass is 19.4. The number of carbonyl (C=O) groups excluding carboxylic acids is 1. The Morgan fingerprint density at radius 2 is 1.59 bits per heavy atom. The average molecular weight is 304 g/mol. The maximum Gasteiger partial charge on any atom is 0.573 e. The monoisotopic (exact) mass is 304 g/mol. The zero-order valence-corrected chi connectivity index (χ0v) is 11.6. The van der Waals surface area contributed by atoms with E-state index in [4.69, 9.17) is 0 Å². The van der Waals surface area contributed by atoms with Crippen molar-refractivity contribution in [3.63, 3.8) is 0 Å². The molecule has 0 aliphatic rings. The van der Waals surface area contributed by atoms with Gasteiger partial charge in [0.25, 0.3) is 0 Å². The number of rotatable bonds is 2. The summed E-state index contributed by atoms with van der Waals surface area (Å²) in [4.78, 5) is 11.8. The molecule has 5 heteroatoms. The van der Waals surface area contributed by atoms with Gasteiger partial charge >= 0.3 is 6.36 Å². The maximum atomic E-state index is 12.0. The van der Waals surface area contributed by atoms with Gasteiger partial charge in [0.1, 0.15) is 5.75 Å². The van der Waals surface area contributed by atoms with Gasteiger partial charge in [-0.1, -0.05) is 35.7 Å². The summed E-state index contributed by atoms with van der Waals surface area (Å²) in [6.07, 6.45) is -4.73. The molecule has 22 heavy (non-hydrogen) atoms. The second kappa shape index (κ2) is 6.35. The number of aryl methyl sites for hydroxylation is 1. The highest BCUT2D eigenvalue weighted by molar-refractivity contribution is 6.09. The summed E-state index contributed by atoms with van der Waals surface area (Å²) < 4.78 is 39.8.